The molecule has 3 N–H and O–H groups in total. The summed E-state index contributed by atoms with van der Waals surface area (Å²) in [6, 6.07) is 11.7. The van der Waals surface area contributed by atoms with Crippen molar-refractivity contribution in [3.63, 3.8) is 0 Å². The summed E-state index contributed by atoms with van der Waals surface area (Å²) in [5, 5.41) is 2.89. The van der Waals surface area contributed by atoms with Gasteiger partial charge >= 0.3 is 0 Å². The number of rotatable bonds is 5. The highest BCUT2D eigenvalue weighted by molar-refractivity contribution is 5.92. The lowest BCUT2D eigenvalue weighted by Crippen LogP contribution is -2.34. The molecule has 0 aliphatic carbocycles. The van der Waals surface area contributed by atoms with Crippen molar-refractivity contribution in [2.75, 3.05) is 5.32 Å². The number of nitrogens with two attached hydrogens (primary N) is 1. The number of carbonyl (C=O) groups is 1. The molecule has 2 rings (SSSR count). The van der Waals surface area contributed by atoms with Gasteiger partial charge in [-0.3, -0.25) is 9.78 Å². The van der Waals surface area contributed by atoms with Gasteiger partial charge in [-0.05, 0) is 48.7 Å². The summed E-state index contributed by atoms with van der Waals surface area (Å²) in [6.45, 7) is 3.67. The zero-order valence-electron chi connectivity index (χ0n) is 13.2. The SMILES string of the molecule is CC(N)C(C)C(=O)Nc1ccc(Cc2ccncc2)cc1.Cl.Cl. The Bertz CT molecular complexity index is 589. The Morgan fingerprint density at radius 2 is 1.57 bits per heavy atom. The predicted octanol–water partition coefficient (Wildman–Crippen LogP) is 3.44. The van der Waals surface area contributed by atoms with Gasteiger partial charge in [0.25, 0.3) is 0 Å². The Balaban J connectivity index is 0.00000242. The first-order valence-electron chi connectivity index (χ1n) is 7.10. The van der Waals surface area contributed by atoms with E-state index in [0.29, 0.717) is 0 Å². The van der Waals surface area contributed by atoms with Crippen molar-refractivity contribution in [2.24, 2.45) is 11.7 Å². The second kappa shape index (κ2) is 10.2. The van der Waals surface area contributed by atoms with Gasteiger partial charge < -0.3 is 11.1 Å². The van der Waals surface area contributed by atoms with Gasteiger partial charge in [-0.15, -0.1) is 24.8 Å². The van der Waals surface area contributed by atoms with Crippen molar-refractivity contribution in [3.05, 3.63) is 59.9 Å². The second-order valence-electron chi connectivity index (χ2n) is 5.37. The molecule has 0 spiro atoms. The lowest BCUT2D eigenvalue weighted by Gasteiger charge is -2.15. The van der Waals surface area contributed by atoms with Crippen molar-refractivity contribution in [1.29, 1.82) is 0 Å². The number of nitrogens with zero attached hydrogens (tertiary/aromatic N) is 1. The minimum atomic E-state index is -0.207. The van der Waals surface area contributed by atoms with E-state index in [9.17, 15) is 4.79 Å². The molecule has 0 saturated heterocycles. The number of pyridine rings is 1. The van der Waals surface area contributed by atoms with Crippen LogP contribution in [0.5, 0.6) is 0 Å². The van der Waals surface area contributed by atoms with Crippen LogP contribution in [0.3, 0.4) is 0 Å². The lowest BCUT2D eigenvalue weighted by atomic mass is 10.0. The fraction of sp³-hybridized carbons (Fsp3) is 0.294. The average molecular weight is 356 g/mol. The van der Waals surface area contributed by atoms with E-state index in [1.54, 1.807) is 12.4 Å². The van der Waals surface area contributed by atoms with Gasteiger partial charge in [0, 0.05) is 24.1 Å². The molecule has 126 valence electrons. The first kappa shape index (κ1) is 21.4. The second-order valence-corrected chi connectivity index (χ2v) is 5.37. The summed E-state index contributed by atoms with van der Waals surface area (Å²) < 4.78 is 0. The first-order valence-corrected chi connectivity index (χ1v) is 7.10. The molecule has 0 aliphatic heterocycles. The molecule has 0 saturated carbocycles. The molecule has 0 fully saturated rings. The van der Waals surface area contributed by atoms with Crippen LogP contribution in [-0.4, -0.2) is 16.9 Å². The monoisotopic (exact) mass is 355 g/mol. The minimum absolute atomic E-state index is 0. The number of halogens is 2. The molecule has 2 atom stereocenters. The highest BCUT2D eigenvalue weighted by atomic mass is 35.5. The molecule has 0 aliphatic rings. The highest BCUT2D eigenvalue weighted by Gasteiger charge is 2.16. The number of nitrogens with one attached hydrogen (secondary N) is 1. The van der Waals surface area contributed by atoms with Crippen molar-refractivity contribution in [1.82, 2.24) is 4.98 Å². The van der Waals surface area contributed by atoms with Gasteiger partial charge in [0.15, 0.2) is 0 Å². The topological polar surface area (TPSA) is 68.0 Å². The van der Waals surface area contributed by atoms with Gasteiger partial charge in [-0.1, -0.05) is 19.1 Å². The van der Waals surface area contributed by atoms with Gasteiger partial charge in [0.1, 0.15) is 0 Å². The summed E-state index contributed by atoms with van der Waals surface area (Å²) >= 11 is 0. The van der Waals surface area contributed by atoms with E-state index in [2.05, 4.69) is 10.3 Å². The molecule has 4 nitrogen and oxygen atoms in total. The maximum Gasteiger partial charge on any atom is 0.228 e. The zero-order chi connectivity index (χ0) is 15.2. The van der Waals surface area contributed by atoms with Crippen molar-refractivity contribution >= 4 is 36.4 Å². The Morgan fingerprint density at radius 3 is 2.09 bits per heavy atom. The maximum atomic E-state index is 11.9. The fourth-order valence-electron chi connectivity index (χ4n) is 1.94. The summed E-state index contributed by atoms with van der Waals surface area (Å²) in [5.41, 5.74) is 8.94. The van der Waals surface area contributed by atoms with Crippen molar-refractivity contribution < 1.29 is 4.79 Å². The van der Waals surface area contributed by atoms with E-state index in [-0.39, 0.29) is 42.7 Å². The van der Waals surface area contributed by atoms with E-state index in [0.717, 1.165) is 12.1 Å². The zero-order valence-corrected chi connectivity index (χ0v) is 14.9. The molecule has 1 aromatic carbocycles. The molecule has 6 heteroatoms. The number of aromatic nitrogens is 1. The standard InChI is InChI=1S/C17H21N3O.2ClH/c1-12(13(2)18)17(21)20-16-5-3-14(4-6-16)11-15-7-9-19-10-8-15;;/h3-10,12-13H,11,18H2,1-2H3,(H,20,21);2*1H. The van der Waals surface area contributed by atoms with Crippen molar-refractivity contribution in [2.45, 2.75) is 26.3 Å². The van der Waals surface area contributed by atoms with Gasteiger partial charge in [0.05, 0.1) is 5.92 Å². The normalized spacial score (nSPS) is 12.3. The first-order chi connectivity index (χ1) is 10.1. The Labute approximate surface area is 149 Å². The average Bonchev–Trinajstić information content (AvgIpc) is 2.49. The third kappa shape index (κ3) is 6.57. The Hall–Kier alpha value is -1.62. The van der Waals surface area contributed by atoms with Gasteiger partial charge in [0.2, 0.25) is 5.91 Å². The molecule has 1 heterocycles. The van der Waals surface area contributed by atoms with Crippen LogP contribution in [0.4, 0.5) is 5.69 Å². The summed E-state index contributed by atoms with van der Waals surface area (Å²) in [7, 11) is 0. The largest absolute Gasteiger partial charge is 0.327 e. The third-order valence-corrected chi connectivity index (χ3v) is 3.58. The maximum absolute atomic E-state index is 11.9. The quantitative estimate of drug-likeness (QED) is 0.862. The van der Waals surface area contributed by atoms with Crippen LogP contribution in [0.15, 0.2) is 48.8 Å². The van der Waals surface area contributed by atoms with Crippen LogP contribution < -0.4 is 11.1 Å². The molecular weight excluding hydrogens is 333 g/mol. The smallest absolute Gasteiger partial charge is 0.228 e. The van der Waals surface area contributed by atoms with Crippen LogP contribution in [0.1, 0.15) is 25.0 Å². The third-order valence-electron chi connectivity index (χ3n) is 3.58. The molecule has 1 aromatic heterocycles. The molecule has 2 aromatic rings. The van der Waals surface area contributed by atoms with Crippen LogP contribution in [-0.2, 0) is 11.2 Å². The van der Waals surface area contributed by atoms with E-state index >= 15 is 0 Å². The molecule has 0 bridgehead atoms. The van der Waals surface area contributed by atoms with Gasteiger partial charge in [-0.2, -0.15) is 0 Å². The fourth-order valence-corrected chi connectivity index (χ4v) is 1.94. The summed E-state index contributed by atoms with van der Waals surface area (Å²) in [6.07, 6.45) is 4.44. The van der Waals surface area contributed by atoms with E-state index in [4.69, 9.17) is 5.73 Å². The van der Waals surface area contributed by atoms with Crippen molar-refractivity contribution in [3.8, 4) is 0 Å². The summed E-state index contributed by atoms with van der Waals surface area (Å²) in [5.74, 6) is -0.256. The number of carbonyl (C=O) groups excluding carboxylic acids is 1. The molecule has 2 unspecified atom stereocenters. The van der Waals surface area contributed by atoms with Gasteiger partial charge in [-0.25, -0.2) is 0 Å². The summed E-state index contributed by atoms with van der Waals surface area (Å²) in [4.78, 5) is 15.9. The molecular formula is C17H23Cl2N3O. The number of hydrogen-bond acceptors (Lipinski definition) is 3. The van der Waals surface area contributed by atoms with Crippen LogP contribution >= 0.6 is 24.8 Å². The highest BCUT2D eigenvalue weighted by Crippen LogP contribution is 2.14. The van der Waals surface area contributed by atoms with Crippen LogP contribution in [0.25, 0.3) is 0 Å². The Morgan fingerprint density at radius 1 is 1.04 bits per heavy atom. The molecule has 0 radical (unpaired) electrons. The number of amides is 1. The van der Waals surface area contributed by atoms with Crippen LogP contribution in [0.2, 0.25) is 0 Å². The Kier molecular flexibility index (Phi) is 9.49. The van der Waals surface area contributed by atoms with Crippen LogP contribution in [0, 0.1) is 5.92 Å². The number of benzene rings is 1. The lowest BCUT2D eigenvalue weighted by molar-refractivity contribution is -0.119. The van der Waals surface area contributed by atoms with E-state index in [1.807, 2.05) is 50.2 Å². The molecule has 23 heavy (non-hydrogen) atoms. The van der Waals surface area contributed by atoms with E-state index in [1.165, 1.54) is 11.1 Å². The predicted molar refractivity (Wildman–Crippen MR) is 99.4 cm³/mol. The van der Waals surface area contributed by atoms with E-state index < -0.39 is 0 Å². The minimum Gasteiger partial charge on any atom is -0.327 e. The number of anilines is 1. The number of hydrogen-bond donors (Lipinski definition) is 2. The molecule has 1 amide bonds.